The number of fused-ring (bicyclic) bond motifs is 1. The van der Waals surface area contributed by atoms with Gasteiger partial charge >= 0.3 is 0 Å². The number of halogens is 1. The van der Waals surface area contributed by atoms with Crippen LogP contribution < -0.4 is 5.32 Å². The van der Waals surface area contributed by atoms with Gasteiger partial charge in [0.1, 0.15) is 6.17 Å². The van der Waals surface area contributed by atoms with E-state index in [2.05, 4.69) is 10.7 Å². The van der Waals surface area contributed by atoms with E-state index >= 15 is 0 Å². The van der Waals surface area contributed by atoms with Crippen molar-refractivity contribution < 1.29 is 4.79 Å². The van der Waals surface area contributed by atoms with Crippen molar-refractivity contribution in [3.8, 4) is 0 Å². The molecule has 1 atom stereocenters. The Labute approximate surface area is 120 Å². The van der Waals surface area contributed by atoms with E-state index in [1.807, 2.05) is 23.3 Å². The number of nitrogens with zero attached hydrogens (tertiary/aromatic N) is 1. The zero-order valence-electron chi connectivity index (χ0n) is 10.4. The number of anilines is 1. The molecule has 0 radical (unpaired) electrons. The second-order valence-electron chi connectivity index (χ2n) is 4.38. The van der Waals surface area contributed by atoms with E-state index in [0.29, 0.717) is 17.1 Å². The van der Waals surface area contributed by atoms with E-state index in [9.17, 15) is 4.79 Å². The molecule has 0 fully saturated rings. The Morgan fingerprint density at radius 1 is 1.42 bits per heavy atom. The monoisotopic (exact) mass is 292 g/mol. The van der Waals surface area contributed by atoms with Gasteiger partial charge in [0.05, 0.1) is 11.3 Å². The van der Waals surface area contributed by atoms with Gasteiger partial charge in [-0.2, -0.15) is 11.3 Å². The van der Waals surface area contributed by atoms with Crippen molar-refractivity contribution in [3.05, 3.63) is 51.2 Å². The van der Waals surface area contributed by atoms with Crippen LogP contribution in [0.5, 0.6) is 0 Å². The molecule has 0 saturated heterocycles. The lowest BCUT2D eigenvalue weighted by Gasteiger charge is -2.37. The molecule has 0 saturated carbocycles. The average Bonchev–Trinajstić information content (AvgIpc) is 2.91. The zero-order chi connectivity index (χ0) is 13.4. The summed E-state index contributed by atoms with van der Waals surface area (Å²) in [6, 6.07) is 7.37. The van der Waals surface area contributed by atoms with Crippen LogP contribution in [0.4, 0.5) is 5.69 Å². The van der Waals surface area contributed by atoms with E-state index in [1.54, 1.807) is 29.5 Å². The van der Waals surface area contributed by atoms with E-state index < -0.39 is 0 Å². The lowest BCUT2D eigenvalue weighted by Crippen LogP contribution is -2.42. The highest BCUT2D eigenvalue weighted by Gasteiger charge is 2.31. The third kappa shape index (κ3) is 2.11. The van der Waals surface area contributed by atoms with Crippen molar-refractivity contribution in [2.45, 2.75) is 13.1 Å². The average molecular weight is 293 g/mol. The van der Waals surface area contributed by atoms with Crippen LogP contribution in [0.25, 0.3) is 0 Å². The number of thiophene rings is 1. The molecule has 98 valence electrons. The maximum atomic E-state index is 12.5. The van der Waals surface area contributed by atoms with Crippen LogP contribution in [0, 0.1) is 0 Å². The smallest absolute Gasteiger partial charge is 0.257 e. The molecular weight excluding hydrogens is 280 g/mol. The van der Waals surface area contributed by atoms with Crippen LogP contribution in [-0.2, 0) is 0 Å². The van der Waals surface area contributed by atoms with Gasteiger partial charge in [0.25, 0.3) is 5.91 Å². The van der Waals surface area contributed by atoms with Crippen LogP contribution in [0.1, 0.15) is 29.0 Å². The van der Waals surface area contributed by atoms with Crippen molar-refractivity contribution in [2.75, 3.05) is 11.9 Å². The molecule has 1 aromatic heterocycles. The number of rotatable bonds is 2. The Morgan fingerprint density at radius 2 is 2.26 bits per heavy atom. The third-order valence-electron chi connectivity index (χ3n) is 3.28. The van der Waals surface area contributed by atoms with Crippen LogP contribution in [-0.4, -0.2) is 17.4 Å². The van der Waals surface area contributed by atoms with E-state index in [-0.39, 0.29) is 12.1 Å². The van der Waals surface area contributed by atoms with Gasteiger partial charge in [0.2, 0.25) is 0 Å². The van der Waals surface area contributed by atoms with Gasteiger partial charge in [-0.1, -0.05) is 11.6 Å². The standard InChI is InChI=1S/C14H13ClN2OS/c1-2-17-13(9-5-6-19-8-9)16-12-7-10(15)3-4-11(12)14(17)18/h3-8,13,16H,2H2,1H3/t13-/m0/s1. The number of benzene rings is 1. The molecule has 0 unspecified atom stereocenters. The normalized spacial score (nSPS) is 18.1. The first-order valence-corrected chi connectivity index (χ1v) is 7.42. The third-order valence-corrected chi connectivity index (χ3v) is 4.21. The summed E-state index contributed by atoms with van der Waals surface area (Å²) in [7, 11) is 0. The summed E-state index contributed by atoms with van der Waals surface area (Å²) in [5.74, 6) is 0.0455. The Hall–Kier alpha value is -1.52. The molecule has 1 amide bonds. The lowest BCUT2D eigenvalue weighted by atomic mass is 10.1. The summed E-state index contributed by atoms with van der Waals surface area (Å²) in [6.45, 7) is 2.65. The highest BCUT2D eigenvalue weighted by Crippen LogP contribution is 2.34. The molecule has 0 spiro atoms. The van der Waals surface area contributed by atoms with Crippen LogP contribution >= 0.6 is 22.9 Å². The van der Waals surface area contributed by atoms with Gasteiger partial charge in [-0.05, 0) is 41.9 Å². The van der Waals surface area contributed by atoms with Crippen molar-refractivity contribution in [1.29, 1.82) is 0 Å². The van der Waals surface area contributed by atoms with Gasteiger partial charge < -0.3 is 10.2 Å². The fourth-order valence-corrected chi connectivity index (χ4v) is 3.19. The molecule has 5 heteroatoms. The molecule has 1 aliphatic rings. The summed E-state index contributed by atoms with van der Waals surface area (Å²) in [6.07, 6.45) is -0.116. The first kappa shape index (κ1) is 12.5. The maximum Gasteiger partial charge on any atom is 0.257 e. The Balaban J connectivity index is 2.07. The molecule has 2 heterocycles. The molecule has 3 rings (SSSR count). The number of amides is 1. The van der Waals surface area contributed by atoms with E-state index in [1.165, 1.54) is 0 Å². The highest BCUT2D eigenvalue weighted by molar-refractivity contribution is 7.08. The minimum atomic E-state index is -0.116. The van der Waals surface area contributed by atoms with E-state index in [0.717, 1.165) is 11.3 Å². The second-order valence-corrected chi connectivity index (χ2v) is 5.60. The second kappa shape index (κ2) is 4.87. The Bertz CT molecular complexity index is 612. The van der Waals surface area contributed by atoms with Gasteiger partial charge in [-0.3, -0.25) is 4.79 Å². The van der Waals surface area contributed by atoms with Crippen LogP contribution in [0.3, 0.4) is 0 Å². The maximum absolute atomic E-state index is 12.5. The molecule has 2 aromatic rings. The van der Waals surface area contributed by atoms with Gasteiger partial charge in [0, 0.05) is 17.1 Å². The first-order valence-electron chi connectivity index (χ1n) is 6.10. The fraction of sp³-hybridized carbons (Fsp3) is 0.214. The van der Waals surface area contributed by atoms with Crippen molar-refractivity contribution in [3.63, 3.8) is 0 Å². The SMILES string of the molecule is CCN1C(=O)c2ccc(Cl)cc2N[C@@H]1c1ccsc1. The molecule has 3 nitrogen and oxygen atoms in total. The van der Waals surface area contributed by atoms with Gasteiger partial charge in [0.15, 0.2) is 0 Å². The van der Waals surface area contributed by atoms with Crippen molar-refractivity contribution in [1.82, 2.24) is 4.90 Å². The topological polar surface area (TPSA) is 32.3 Å². The Kier molecular flexibility index (Phi) is 3.21. The Morgan fingerprint density at radius 3 is 2.95 bits per heavy atom. The number of nitrogens with one attached hydrogen (secondary N) is 1. The van der Waals surface area contributed by atoms with Gasteiger partial charge in [-0.15, -0.1) is 0 Å². The summed E-state index contributed by atoms with van der Waals surface area (Å²) >= 11 is 7.63. The molecule has 1 N–H and O–H groups in total. The molecule has 0 aliphatic carbocycles. The first-order chi connectivity index (χ1) is 9.20. The quantitative estimate of drug-likeness (QED) is 0.908. The van der Waals surface area contributed by atoms with Crippen LogP contribution in [0.2, 0.25) is 5.02 Å². The zero-order valence-corrected chi connectivity index (χ0v) is 12.0. The minimum absolute atomic E-state index is 0.0455. The molecule has 1 aliphatic heterocycles. The summed E-state index contributed by atoms with van der Waals surface area (Å²) in [5, 5.41) is 8.11. The largest absolute Gasteiger partial charge is 0.361 e. The summed E-state index contributed by atoms with van der Waals surface area (Å²) in [5.41, 5.74) is 2.59. The van der Waals surface area contributed by atoms with Crippen LogP contribution in [0.15, 0.2) is 35.0 Å². The van der Waals surface area contributed by atoms with Gasteiger partial charge in [-0.25, -0.2) is 0 Å². The number of hydrogen-bond donors (Lipinski definition) is 1. The fourth-order valence-electron chi connectivity index (χ4n) is 2.34. The summed E-state index contributed by atoms with van der Waals surface area (Å²) < 4.78 is 0. The van der Waals surface area contributed by atoms with Crippen molar-refractivity contribution >= 4 is 34.5 Å². The lowest BCUT2D eigenvalue weighted by molar-refractivity contribution is 0.0695. The number of carbonyl (C=O) groups excluding carboxylic acids is 1. The minimum Gasteiger partial charge on any atom is -0.361 e. The number of hydrogen-bond acceptors (Lipinski definition) is 3. The molecule has 0 bridgehead atoms. The van der Waals surface area contributed by atoms with E-state index in [4.69, 9.17) is 11.6 Å². The highest BCUT2D eigenvalue weighted by atomic mass is 35.5. The molecular formula is C14H13ClN2OS. The molecule has 19 heavy (non-hydrogen) atoms. The summed E-state index contributed by atoms with van der Waals surface area (Å²) in [4.78, 5) is 14.3. The number of carbonyl (C=O) groups is 1. The predicted molar refractivity (Wildman–Crippen MR) is 78.8 cm³/mol. The predicted octanol–water partition coefficient (Wildman–Crippen LogP) is 3.99. The molecule has 1 aromatic carbocycles. The van der Waals surface area contributed by atoms with Crippen molar-refractivity contribution in [2.24, 2.45) is 0 Å².